The maximum Gasteiger partial charge on any atom is 0.257 e. The molecule has 0 unspecified atom stereocenters. The van der Waals surface area contributed by atoms with E-state index in [2.05, 4.69) is 0 Å². The van der Waals surface area contributed by atoms with Gasteiger partial charge in [-0.2, -0.15) is 0 Å². The van der Waals surface area contributed by atoms with Crippen molar-refractivity contribution in [3.05, 3.63) is 71.3 Å². The van der Waals surface area contributed by atoms with Gasteiger partial charge in [-0.3, -0.25) is 4.79 Å². The van der Waals surface area contributed by atoms with E-state index in [-0.39, 0.29) is 18.3 Å². The van der Waals surface area contributed by atoms with Crippen LogP contribution in [0.4, 0.5) is 4.39 Å². The molecule has 1 spiro atoms. The number of carbonyl (C=O) groups is 1. The SMILES string of the molecule is COc1cc(OC)c(C(=O)N2CCC3(CC2)Oc2cc(F)ccc2-n2cccc23)cc1CO. The maximum atomic E-state index is 13.9. The Morgan fingerprint density at radius 2 is 1.88 bits per heavy atom. The van der Waals surface area contributed by atoms with Crippen molar-refractivity contribution in [1.29, 1.82) is 0 Å². The number of benzene rings is 2. The fourth-order valence-electron chi connectivity index (χ4n) is 4.85. The number of aliphatic hydroxyl groups is 1. The third-order valence-corrected chi connectivity index (χ3v) is 6.56. The number of amides is 1. The van der Waals surface area contributed by atoms with E-state index in [4.69, 9.17) is 14.2 Å². The van der Waals surface area contributed by atoms with Gasteiger partial charge in [0.2, 0.25) is 0 Å². The molecule has 0 atom stereocenters. The normalized spacial score (nSPS) is 16.1. The van der Waals surface area contributed by atoms with E-state index in [1.165, 1.54) is 26.4 Å². The standard InChI is InChI=1S/C25H25FN2O5/c1-31-20-14-21(32-2)18(12-16(20)15-29)24(30)27-10-7-25(8-11-27)23-4-3-9-28(23)19-6-5-17(26)13-22(19)33-25/h3-6,9,12-14,29H,7-8,10-11,15H2,1-2H3. The highest BCUT2D eigenvalue weighted by Crippen LogP contribution is 2.45. The van der Waals surface area contributed by atoms with E-state index in [9.17, 15) is 14.3 Å². The van der Waals surface area contributed by atoms with Crippen LogP contribution in [0.2, 0.25) is 0 Å². The molecule has 172 valence electrons. The van der Waals surface area contributed by atoms with E-state index in [1.54, 1.807) is 23.1 Å². The number of hydrogen-bond donors (Lipinski definition) is 1. The lowest BCUT2D eigenvalue weighted by atomic mass is 9.86. The number of piperidine rings is 1. The molecule has 0 aliphatic carbocycles. The van der Waals surface area contributed by atoms with Crippen molar-refractivity contribution in [1.82, 2.24) is 9.47 Å². The molecule has 7 nitrogen and oxygen atoms in total. The maximum absolute atomic E-state index is 13.9. The van der Waals surface area contributed by atoms with Gasteiger partial charge in [-0.1, -0.05) is 0 Å². The van der Waals surface area contributed by atoms with Crippen LogP contribution in [-0.2, 0) is 12.2 Å². The molecule has 2 aromatic carbocycles. The predicted molar refractivity (Wildman–Crippen MR) is 119 cm³/mol. The first-order valence-electron chi connectivity index (χ1n) is 10.8. The number of nitrogens with zero attached hydrogens (tertiary/aromatic N) is 2. The van der Waals surface area contributed by atoms with Crippen LogP contribution in [0.1, 0.15) is 34.5 Å². The summed E-state index contributed by atoms with van der Waals surface area (Å²) >= 11 is 0. The second kappa shape index (κ2) is 8.12. The number of hydrogen-bond acceptors (Lipinski definition) is 5. The highest BCUT2D eigenvalue weighted by Gasteiger charge is 2.45. The fourth-order valence-corrected chi connectivity index (χ4v) is 4.85. The fraction of sp³-hybridized carbons (Fsp3) is 0.320. The summed E-state index contributed by atoms with van der Waals surface area (Å²) in [4.78, 5) is 15.1. The molecule has 1 saturated heterocycles. The molecule has 0 bridgehead atoms. The summed E-state index contributed by atoms with van der Waals surface area (Å²) in [6, 6.07) is 11.8. The number of methoxy groups -OCH3 is 2. The zero-order valence-electron chi connectivity index (χ0n) is 18.5. The van der Waals surface area contributed by atoms with Crippen molar-refractivity contribution < 1.29 is 28.5 Å². The monoisotopic (exact) mass is 452 g/mol. The Morgan fingerprint density at radius 1 is 1.12 bits per heavy atom. The van der Waals surface area contributed by atoms with Gasteiger partial charge in [0.25, 0.3) is 5.91 Å². The summed E-state index contributed by atoms with van der Waals surface area (Å²) in [6.07, 6.45) is 3.07. The van der Waals surface area contributed by atoms with Crippen molar-refractivity contribution in [3.63, 3.8) is 0 Å². The molecule has 3 heterocycles. The Kier molecular flexibility index (Phi) is 5.25. The average molecular weight is 452 g/mol. The number of carbonyl (C=O) groups excluding carboxylic acids is 1. The molecule has 1 amide bonds. The van der Waals surface area contributed by atoms with Crippen LogP contribution in [-0.4, -0.2) is 47.8 Å². The van der Waals surface area contributed by atoms with E-state index in [0.717, 1.165) is 11.4 Å². The van der Waals surface area contributed by atoms with Gasteiger partial charge < -0.3 is 28.8 Å². The van der Waals surface area contributed by atoms with Gasteiger partial charge >= 0.3 is 0 Å². The number of ether oxygens (including phenoxy) is 3. The molecule has 3 aromatic rings. The highest BCUT2D eigenvalue weighted by molar-refractivity contribution is 5.97. The van der Waals surface area contributed by atoms with Crippen LogP contribution >= 0.6 is 0 Å². The minimum Gasteiger partial charge on any atom is -0.496 e. The smallest absolute Gasteiger partial charge is 0.257 e. The summed E-state index contributed by atoms with van der Waals surface area (Å²) in [5.74, 6) is 0.824. The average Bonchev–Trinajstić information content (AvgIpc) is 3.34. The van der Waals surface area contributed by atoms with Crippen molar-refractivity contribution in [3.8, 4) is 22.9 Å². The van der Waals surface area contributed by atoms with Crippen LogP contribution in [0.15, 0.2) is 48.7 Å². The zero-order valence-corrected chi connectivity index (χ0v) is 18.5. The third kappa shape index (κ3) is 3.41. The summed E-state index contributed by atoms with van der Waals surface area (Å²) in [5.41, 5.74) is 2.06. The van der Waals surface area contributed by atoms with Crippen LogP contribution in [0.3, 0.4) is 0 Å². The number of aliphatic hydroxyl groups excluding tert-OH is 1. The molecule has 2 aliphatic heterocycles. The Labute approximate surface area is 190 Å². The lowest BCUT2D eigenvalue weighted by Crippen LogP contribution is -2.50. The van der Waals surface area contributed by atoms with Crippen molar-refractivity contribution in [2.75, 3.05) is 27.3 Å². The number of halogens is 1. The third-order valence-electron chi connectivity index (χ3n) is 6.56. The summed E-state index contributed by atoms with van der Waals surface area (Å²) in [7, 11) is 3.00. The number of fused-ring (bicyclic) bond motifs is 4. The molecule has 1 aromatic heterocycles. The van der Waals surface area contributed by atoms with Crippen LogP contribution in [0.5, 0.6) is 17.2 Å². The number of rotatable bonds is 4. The molecule has 2 aliphatic rings. The Bertz CT molecular complexity index is 1210. The molecule has 33 heavy (non-hydrogen) atoms. The van der Waals surface area contributed by atoms with Crippen LogP contribution in [0.25, 0.3) is 5.69 Å². The van der Waals surface area contributed by atoms with Crippen molar-refractivity contribution >= 4 is 5.91 Å². The molecule has 5 rings (SSSR count). The summed E-state index contributed by atoms with van der Waals surface area (Å²) < 4.78 is 33.1. The second-order valence-electron chi connectivity index (χ2n) is 8.29. The van der Waals surface area contributed by atoms with E-state index in [1.807, 2.05) is 22.9 Å². The van der Waals surface area contributed by atoms with E-state index >= 15 is 0 Å². The molecule has 8 heteroatoms. The second-order valence-corrected chi connectivity index (χ2v) is 8.29. The van der Waals surface area contributed by atoms with Gasteiger partial charge in [0, 0.05) is 49.8 Å². The van der Waals surface area contributed by atoms with E-state index in [0.29, 0.717) is 54.3 Å². The molecule has 0 saturated carbocycles. The zero-order chi connectivity index (χ0) is 23.2. The van der Waals surface area contributed by atoms with Gasteiger partial charge in [-0.05, 0) is 30.3 Å². The Morgan fingerprint density at radius 3 is 2.58 bits per heavy atom. The van der Waals surface area contributed by atoms with Gasteiger partial charge in [0.15, 0.2) is 5.60 Å². The van der Waals surface area contributed by atoms with Crippen LogP contribution < -0.4 is 14.2 Å². The topological polar surface area (TPSA) is 73.2 Å². The minimum atomic E-state index is -0.638. The van der Waals surface area contributed by atoms with Crippen molar-refractivity contribution in [2.45, 2.75) is 25.0 Å². The Hall–Kier alpha value is -3.52. The molecule has 1 fully saturated rings. The molecular weight excluding hydrogens is 427 g/mol. The minimum absolute atomic E-state index is 0.184. The van der Waals surface area contributed by atoms with Gasteiger partial charge in [0.05, 0.1) is 37.8 Å². The molecule has 1 N–H and O–H groups in total. The number of aromatic nitrogens is 1. The summed E-state index contributed by atoms with van der Waals surface area (Å²) in [5, 5.41) is 9.68. The Balaban J connectivity index is 1.42. The first kappa shape index (κ1) is 21.3. The lowest BCUT2D eigenvalue weighted by molar-refractivity contribution is -0.00956. The molecular formula is C25H25FN2O5. The largest absolute Gasteiger partial charge is 0.496 e. The molecule has 0 radical (unpaired) electrons. The van der Waals surface area contributed by atoms with E-state index < -0.39 is 5.60 Å². The predicted octanol–water partition coefficient (Wildman–Crippen LogP) is 3.65. The van der Waals surface area contributed by atoms with Gasteiger partial charge in [-0.15, -0.1) is 0 Å². The lowest BCUT2D eigenvalue weighted by Gasteiger charge is -2.45. The number of likely N-dealkylation sites (tertiary alicyclic amines) is 1. The van der Waals surface area contributed by atoms with Gasteiger partial charge in [0.1, 0.15) is 23.1 Å². The van der Waals surface area contributed by atoms with Crippen molar-refractivity contribution in [2.24, 2.45) is 0 Å². The summed E-state index contributed by atoms with van der Waals surface area (Å²) in [6.45, 7) is 0.661. The first-order valence-corrected chi connectivity index (χ1v) is 10.8. The van der Waals surface area contributed by atoms with Gasteiger partial charge in [-0.25, -0.2) is 4.39 Å². The first-order chi connectivity index (χ1) is 16.0. The van der Waals surface area contributed by atoms with Crippen LogP contribution in [0, 0.1) is 5.82 Å². The quantitative estimate of drug-likeness (QED) is 0.654. The highest BCUT2D eigenvalue weighted by atomic mass is 19.1.